The molecule has 0 spiro atoms. The van der Waals surface area contributed by atoms with Gasteiger partial charge in [-0.1, -0.05) is 11.6 Å². The molecule has 1 fully saturated rings. The maximum atomic E-state index is 12.3. The van der Waals surface area contributed by atoms with E-state index < -0.39 is 18.0 Å². The first kappa shape index (κ1) is 18.8. The molecule has 2 amide bonds. The van der Waals surface area contributed by atoms with Gasteiger partial charge in [-0.2, -0.15) is 0 Å². The number of halogens is 1. The SMILES string of the molecule is C[C@@H](OC(=O)c1ccc(N2CCCC2=O)cc1)C(=O)Nc1cccnc1Cl. The van der Waals surface area contributed by atoms with E-state index in [2.05, 4.69) is 10.3 Å². The highest BCUT2D eigenvalue weighted by Crippen LogP contribution is 2.22. The van der Waals surface area contributed by atoms with E-state index in [1.165, 1.54) is 13.1 Å². The number of carbonyl (C=O) groups excluding carboxylic acids is 3. The van der Waals surface area contributed by atoms with Gasteiger partial charge in [0, 0.05) is 24.8 Å². The third kappa shape index (κ3) is 4.43. The van der Waals surface area contributed by atoms with Crippen LogP contribution in [-0.2, 0) is 14.3 Å². The van der Waals surface area contributed by atoms with E-state index in [4.69, 9.17) is 16.3 Å². The van der Waals surface area contributed by atoms with Crippen LogP contribution in [-0.4, -0.2) is 35.4 Å². The number of rotatable bonds is 5. The number of hydrogen-bond donors (Lipinski definition) is 1. The molecule has 140 valence electrons. The zero-order valence-electron chi connectivity index (χ0n) is 14.6. The Morgan fingerprint density at radius 3 is 2.63 bits per heavy atom. The first-order valence-electron chi connectivity index (χ1n) is 8.48. The van der Waals surface area contributed by atoms with Crippen LogP contribution >= 0.6 is 11.6 Å². The zero-order valence-corrected chi connectivity index (χ0v) is 15.4. The number of nitrogens with one attached hydrogen (secondary N) is 1. The average molecular weight is 388 g/mol. The summed E-state index contributed by atoms with van der Waals surface area (Å²) in [6.07, 6.45) is 1.85. The third-order valence-corrected chi connectivity index (χ3v) is 4.46. The van der Waals surface area contributed by atoms with E-state index in [-0.39, 0.29) is 11.1 Å². The van der Waals surface area contributed by atoms with Gasteiger partial charge in [0.15, 0.2) is 11.3 Å². The fourth-order valence-corrected chi connectivity index (χ4v) is 2.86. The van der Waals surface area contributed by atoms with Gasteiger partial charge in [-0.05, 0) is 49.7 Å². The lowest BCUT2D eigenvalue weighted by Crippen LogP contribution is -2.30. The smallest absolute Gasteiger partial charge is 0.338 e. The first-order chi connectivity index (χ1) is 13.0. The molecule has 0 radical (unpaired) electrons. The summed E-state index contributed by atoms with van der Waals surface area (Å²) in [5.41, 5.74) is 1.38. The van der Waals surface area contributed by atoms with Gasteiger partial charge in [0.05, 0.1) is 11.3 Å². The summed E-state index contributed by atoms with van der Waals surface area (Å²) in [6, 6.07) is 9.77. The number of pyridine rings is 1. The Labute approximate surface area is 161 Å². The standard InChI is InChI=1S/C19H18ClN3O4/c1-12(18(25)22-15-4-2-10-21-17(15)20)27-19(26)13-6-8-14(9-7-13)23-11-3-5-16(23)24/h2,4,6-10,12H,3,5,11H2,1H3,(H,22,25)/t12-/m1/s1. The van der Waals surface area contributed by atoms with Crippen LogP contribution in [0.3, 0.4) is 0 Å². The monoisotopic (exact) mass is 387 g/mol. The topological polar surface area (TPSA) is 88.6 Å². The summed E-state index contributed by atoms with van der Waals surface area (Å²) in [5.74, 6) is -1.07. The number of esters is 1. The van der Waals surface area contributed by atoms with E-state index in [0.29, 0.717) is 24.2 Å². The van der Waals surface area contributed by atoms with Crippen molar-refractivity contribution in [2.45, 2.75) is 25.9 Å². The quantitative estimate of drug-likeness (QED) is 0.629. The summed E-state index contributed by atoms with van der Waals surface area (Å²) in [5, 5.41) is 2.71. The molecular weight excluding hydrogens is 370 g/mol. The number of ether oxygens (including phenoxy) is 1. The van der Waals surface area contributed by atoms with Crippen LogP contribution in [0.2, 0.25) is 5.15 Å². The summed E-state index contributed by atoms with van der Waals surface area (Å²) in [7, 11) is 0. The molecule has 1 aliphatic rings. The highest BCUT2D eigenvalue weighted by atomic mass is 35.5. The number of anilines is 2. The number of hydrogen-bond acceptors (Lipinski definition) is 5. The van der Waals surface area contributed by atoms with E-state index in [1.54, 1.807) is 41.3 Å². The second-order valence-electron chi connectivity index (χ2n) is 6.07. The Hall–Kier alpha value is -2.93. The minimum absolute atomic E-state index is 0.0738. The summed E-state index contributed by atoms with van der Waals surface area (Å²) >= 11 is 5.89. The van der Waals surface area contributed by atoms with E-state index in [9.17, 15) is 14.4 Å². The molecule has 1 saturated heterocycles. The summed E-state index contributed by atoms with van der Waals surface area (Å²) in [6.45, 7) is 2.14. The lowest BCUT2D eigenvalue weighted by molar-refractivity contribution is -0.123. The van der Waals surface area contributed by atoms with Crippen molar-refractivity contribution < 1.29 is 19.1 Å². The predicted molar refractivity (Wildman–Crippen MR) is 101 cm³/mol. The maximum absolute atomic E-state index is 12.3. The Morgan fingerprint density at radius 1 is 1.26 bits per heavy atom. The number of amides is 2. The van der Waals surface area contributed by atoms with Gasteiger partial charge in [-0.25, -0.2) is 9.78 Å². The Bertz CT molecular complexity index is 870. The van der Waals surface area contributed by atoms with Crippen LogP contribution in [0.25, 0.3) is 0 Å². The molecule has 0 unspecified atom stereocenters. The van der Waals surface area contributed by atoms with Gasteiger partial charge in [0.2, 0.25) is 5.91 Å². The van der Waals surface area contributed by atoms with Crippen LogP contribution in [0.15, 0.2) is 42.6 Å². The van der Waals surface area contributed by atoms with E-state index in [0.717, 1.165) is 12.1 Å². The van der Waals surface area contributed by atoms with Crippen LogP contribution in [0, 0.1) is 0 Å². The average Bonchev–Trinajstić information content (AvgIpc) is 3.09. The Morgan fingerprint density at radius 2 is 2.00 bits per heavy atom. The molecule has 1 aromatic carbocycles. The molecule has 3 rings (SSSR count). The van der Waals surface area contributed by atoms with E-state index >= 15 is 0 Å². The minimum atomic E-state index is -1.02. The molecule has 8 heteroatoms. The molecular formula is C19H18ClN3O4. The molecule has 1 aromatic heterocycles. The first-order valence-corrected chi connectivity index (χ1v) is 8.86. The summed E-state index contributed by atoms with van der Waals surface area (Å²) < 4.78 is 5.20. The van der Waals surface area contributed by atoms with Crippen molar-refractivity contribution in [2.24, 2.45) is 0 Å². The van der Waals surface area contributed by atoms with Crippen LogP contribution in [0.4, 0.5) is 11.4 Å². The van der Waals surface area contributed by atoms with Gasteiger partial charge in [-0.3, -0.25) is 9.59 Å². The molecule has 1 atom stereocenters. The molecule has 2 aromatic rings. The zero-order chi connectivity index (χ0) is 19.4. The predicted octanol–water partition coefficient (Wildman–Crippen LogP) is 3.05. The molecule has 27 heavy (non-hydrogen) atoms. The molecule has 0 aliphatic carbocycles. The van der Waals surface area contributed by atoms with Gasteiger partial charge < -0.3 is 15.0 Å². The number of aromatic nitrogens is 1. The number of benzene rings is 1. The van der Waals surface area contributed by atoms with Crippen molar-refractivity contribution >= 4 is 40.8 Å². The third-order valence-electron chi connectivity index (χ3n) is 4.16. The fraction of sp³-hybridized carbons (Fsp3) is 0.263. The summed E-state index contributed by atoms with van der Waals surface area (Å²) in [4.78, 5) is 41.7. The molecule has 2 heterocycles. The highest BCUT2D eigenvalue weighted by molar-refractivity contribution is 6.32. The van der Waals surface area contributed by atoms with Crippen molar-refractivity contribution in [3.63, 3.8) is 0 Å². The van der Waals surface area contributed by atoms with Crippen LogP contribution in [0.1, 0.15) is 30.1 Å². The molecule has 1 aliphatic heterocycles. The minimum Gasteiger partial charge on any atom is -0.449 e. The molecule has 7 nitrogen and oxygen atoms in total. The normalized spacial score (nSPS) is 14.7. The lowest BCUT2D eigenvalue weighted by Gasteiger charge is -2.16. The Kier molecular flexibility index (Phi) is 5.71. The fourth-order valence-electron chi connectivity index (χ4n) is 2.69. The van der Waals surface area contributed by atoms with Crippen molar-refractivity contribution in [3.05, 3.63) is 53.3 Å². The highest BCUT2D eigenvalue weighted by Gasteiger charge is 2.23. The second kappa shape index (κ2) is 8.18. The van der Waals surface area contributed by atoms with Crippen LogP contribution < -0.4 is 10.2 Å². The molecule has 1 N–H and O–H groups in total. The van der Waals surface area contributed by atoms with Crippen molar-refractivity contribution in [1.82, 2.24) is 4.98 Å². The Balaban J connectivity index is 1.60. The van der Waals surface area contributed by atoms with Crippen molar-refractivity contribution in [3.8, 4) is 0 Å². The van der Waals surface area contributed by atoms with Gasteiger partial charge in [0.1, 0.15) is 0 Å². The van der Waals surface area contributed by atoms with Crippen molar-refractivity contribution in [2.75, 3.05) is 16.8 Å². The molecule has 0 saturated carbocycles. The van der Waals surface area contributed by atoms with Crippen molar-refractivity contribution in [1.29, 1.82) is 0 Å². The second-order valence-corrected chi connectivity index (χ2v) is 6.43. The molecule has 0 bridgehead atoms. The van der Waals surface area contributed by atoms with Gasteiger partial charge in [0.25, 0.3) is 5.91 Å². The number of carbonyl (C=O) groups is 3. The van der Waals surface area contributed by atoms with Gasteiger partial charge in [-0.15, -0.1) is 0 Å². The van der Waals surface area contributed by atoms with Crippen LogP contribution in [0.5, 0.6) is 0 Å². The largest absolute Gasteiger partial charge is 0.449 e. The maximum Gasteiger partial charge on any atom is 0.338 e. The lowest BCUT2D eigenvalue weighted by atomic mass is 10.2. The number of nitrogens with zero attached hydrogens (tertiary/aromatic N) is 2. The van der Waals surface area contributed by atoms with E-state index in [1.807, 2.05) is 0 Å². The van der Waals surface area contributed by atoms with Gasteiger partial charge >= 0.3 is 5.97 Å².